The van der Waals surface area contributed by atoms with Crippen LogP contribution >= 0.6 is 0 Å². The van der Waals surface area contributed by atoms with Crippen molar-refractivity contribution in [2.24, 2.45) is 0 Å². The fraction of sp³-hybridized carbons (Fsp3) is 0.417. The molecule has 0 atom stereocenters. The minimum atomic E-state index is -0.995. The van der Waals surface area contributed by atoms with Crippen LogP contribution in [0.3, 0.4) is 0 Å². The molecule has 0 saturated heterocycles. The number of fused-ring (bicyclic) bond motifs is 1. The van der Waals surface area contributed by atoms with Crippen LogP contribution < -0.4 is 5.32 Å². The van der Waals surface area contributed by atoms with Crippen molar-refractivity contribution >= 4 is 6.09 Å². The smallest absolute Gasteiger partial charge is 0.404 e. The fourth-order valence-electron chi connectivity index (χ4n) is 1.37. The molecule has 88 valence electrons. The molecule has 1 aliphatic heterocycles. The van der Waals surface area contributed by atoms with E-state index in [-0.39, 0.29) is 5.60 Å². The third-order valence-corrected chi connectivity index (χ3v) is 2.22. The zero-order valence-electron chi connectivity index (χ0n) is 9.78. The summed E-state index contributed by atoms with van der Waals surface area (Å²) >= 11 is 0. The van der Waals surface area contributed by atoms with Crippen molar-refractivity contribution in [1.82, 2.24) is 5.32 Å². The molecule has 2 N–H and O–H groups in total. The van der Waals surface area contributed by atoms with Gasteiger partial charge in [0.15, 0.2) is 0 Å². The van der Waals surface area contributed by atoms with Gasteiger partial charge >= 0.3 is 6.09 Å². The molecular weight excluding hydrogens is 206 g/mol. The Balaban J connectivity index is 0.000000221. The second-order valence-corrected chi connectivity index (χ2v) is 4.17. The van der Waals surface area contributed by atoms with Crippen molar-refractivity contribution in [3.05, 3.63) is 35.6 Å². The summed E-state index contributed by atoms with van der Waals surface area (Å²) in [5.74, 6) is 1.03. The van der Waals surface area contributed by atoms with Crippen LogP contribution in [0, 0.1) is 0 Å². The van der Waals surface area contributed by atoms with Crippen LogP contribution in [0.2, 0.25) is 0 Å². The summed E-state index contributed by atoms with van der Waals surface area (Å²) in [5, 5.41) is 9.56. The lowest BCUT2D eigenvalue weighted by Crippen LogP contribution is -2.26. The quantitative estimate of drug-likeness (QED) is 0.663. The Labute approximate surface area is 95.3 Å². The Bertz CT molecular complexity index is 364. The van der Waals surface area contributed by atoms with Gasteiger partial charge in [-0.25, -0.2) is 4.79 Å². The molecule has 2 aliphatic rings. The standard InChI is InChI=1S/C10H12O.C2H5NO2/c1-10(2)7-6-8-4-3-5-9(8)11-10;1-3-2(4)5/h3-6H,7H2,1-2H3;3H,1H3,(H,4,5). The van der Waals surface area contributed by atoms with E-state index in [1.54, 1.807) is 0 Å². The van der Waals surface area contributed by atoms with Crippen LogP contribution in [-0.4, -0.2) is 23.8 Å². The minimum Gasteiger partial charge on any atom is -0.487 e. The van der Waals surface area contributed by atoms with E-state index in [9.17, 15) is 4.79 Å². The second kappa shape index (κ2) is 4.88. The number of carboxylic acid groups (broad SMARTS) is 1. The molecule has 4 nitrogen and oxygen atoms in total. The number of hydrogen-bond acceptors (Lipinski definition) is 2. The molecule has 0 aromatic carbocycles. The number of ether oxygens (including phenoxy) is 1. The Kier molecular flexibility index (Phi) is 3.77. The first-order valence-electron chi connectivity index (χ1n) is 5.13. The molecule has 1 heterocycles. The first kappa shape index (κ1) is 12.4. The Morgan fingerprint density at radius 3 is 2.75 bits per heavy atom. The van der Waals surface area contributed by atoms with Gasteiger partial charge in [0, 0.05) is 19.0 Å². The zero-order valence-corrected chi connectivity index (χ0v) is 9.78. The molecule has 1 aliphatic carbocycles. The van der Waals surface area contributed by atoms with Gasteiger partial charge in [-0.3, -0.25) is 0 Å². The molecule has 16 heavy (non-hydrogen) atoms. The summed E-state index contributed by atoms with van der Waals surface area (Å²) in [6.45, 7) is 4.22. The summed E-state index contributed by atoms with van der Waals surface area (Å²) < 4.78 is 5.73. The summed E-state index contributed by atoms with van der Waals surface area (Å²) in [4.78, 5) is 9.26. The van der Waals surface area contributed by atoms with Gasteiger partial charge < -0.3 is 15.2 Å². The lowest BCUT2D eigenvalue weighted by atomic mass is 9.99. The molecule has 0 aromatic heterocycles. The molecule has 2 rings (SSSR count). The van der Waals surface area contributed by atoms with Gasteiger partial charge in [0.05, 0.1) is 0 Å². The lowest BCUT2D eigenvalue weighted by Gasteiger charge is -2.30. The normalized spacial score (nSPS) is 19.4. The van der Waals surface area contributed by atoms with E-state index in [1.165, 1.54) is 12.6 Å². The van der Waals surface area contributed by atoms with E-state index in [0.717, 1.165) is 12.2 Å². The van der Waals surface area contributed by atoms with Gasteiger partial charge in [-0.05, 0) is 19.9 Å². The number of rotatable bonds is 0. The summed E-state index contributed by atoms with van der Waals surface area (Å²) in [5.41, 5.74) is 1.23. The topological polar surface area (TPSA) is 58.6 Å². The highest BCUT2D eigenvalue weighted by Crippen LogP contribution is 2.32. The molecule has 0 bridgehead atoms. The highest BCUT2D eigenvalue weighted by atomic mass is 16.5. The SMILES string of the molecule is CC1(C)CC=C2C=CC=C2O1.CNC(=O)O. The maximum Gasteiger partial charge on any atom is 0.404 e. The van der Waals surface area contributed by atoms with Crippen LogP contribution in [-0.2, 0) is 4.74 Å². The minimum absolute atomic E-state index is 0.0125. The number of hydrogen-bond donors (Lipinski definition) is 2. The van der Waals surface area contributed by atoms with Gasteiger partial charge in [-0.1, -0.05) is 18.2 Å². The molecule has 0 saturated carbocycles. The molecule has 1 amide bonds. The number of amides is 1. The van der Waals surface area contributed by atoms with Gasteiger partial charge in [-0.2, -0.15) is 0 Å². The Morgan fingerprint density at radius 2 is 2.19 bits per heavy atom. The van der Waals surface area contributed by atoms with Crippen LogP contribution in [0.1, 0.15) is 20.3 Å². The van der Waals surface area contributed by atoms with Crippen molar-refractivity contribution in [2.75, 3.05) is 7.05 Å². The van der Waals surface area contributed by atoms with E-state index >= 15 is 0 Å². The highest BCUT2D eigenvalue weighted by molar-refractivity contribution is 5.63. The highest BCUT2D eigenvalue weighted by Gasteiger charge is 2.26. The van der Waals surface area contributed by atoms with Crippen molar-refractivity contribution in [2.45, 2.75) is 25.9 Å². The van der Waals surface area contributed by atoms with Gasteiger partial charge in [-0.15, -0.1) is 0 Å². The van der Waals surface area contributed by atoms with Crippen LogP contribution in [0.4, 0.5) is 4.79 Å². The summed E-state index contributed by atoms with van der Waals surface area (Å²) in [6.07, 6.45) is 8.38. The largest absolute Gasteiger partial charge is 0.487 e. The summed E-state index contributed by atoms with van der Waals surface area (Å²) in [6, 6.07) is 0. The fourth-order valence-corrected chi connectivity index (χ4v) is 1.37. The molecule has 0 aromatic rings. The molecule has 0 spiro atoms. The third kappa shape index (κ3) is 3.46. The van der Waals surface area contributed by atoms with Crippen molar-refractivity contribution in [3.63, 3.8) is 0 Å². The Morgan fingerprint density at radius 1 is 1.56 bits per heavy atom. The molecule has 4 heteroatoms. The van der Waals surface area contributed by atoms with Crippen LogP contribution in [0.15, 0.2) is 35.6 Å². The lowest BCUT2D eigenvalue weighted by molar-refractivity contribution is 0.0362. The molecule has 0 fully saturated rings. The average molecular weight is 223 g/mol. The van der Waals surface area contributed by atoms with Crippen molar-refractivity contribution in [1.29, 1.82) is 0 Å². The number of allylic oxidation sites excluding steroid dienone is 3. The van der Waals surface area contributed by atoms with Crippen LogP contribution in [0.25, 0.3) is 0 Å². The number of nitrogens with one attached hydrogen (secondary N) is 1. The first-order valence-corrected chi connectivity index (χ1v) is 5.13. The van der Waals surface area contributed by atoms with E-state index < -0.39 is 6.09 Å². The van der Waals surface area contributed by atoms with Gasteiger partial charge in [0.2, 0.25) is 0 Å². The van der Waals surface area contributed by atoms with Crippen molar-refractivity contribution in [3.8, 4) is 0 Å². The third-order valence-electron chi connectivity index (χ3n) is 2.22. The molecule has 0 radical (unpaired) electrons. The van der Waals surface area contributed by atoms with E-state index in [1.807, 2.05) is 17.5 Å². The van der Waals surface area contributed by atoms with Gasteiger partial charge in [0.25, 0.3) is 0 Å². The number of carbonyl (C=O) groups is 1. The van der Waals surface area contributed by atoms with E-state index in [0.29, 0.717) is 0 Å². The molecular formula is C12H17NO3. The maximum absolute atomic E-state index is 9.26. The maximum atomic E-state index is 9.26. The predicted molar refractivity (Wildman–Crippen MR) is 62.2 cm³/mol. The predicted octanol–water partition coefficient (Wildman–Crippen LogP) is 2.45. The van der Waals surface area contributed by atoms with Gasteiger partial charge in [0.1, 0.15) is 11.4 Å². The van der Waals surface area contributed by atoms with E-state index in [2.05, 4.69) is 26.0 Å². The summed E-state index contributed by atoms with van der Waals surface area (Å²) in [7, 11) is 1.35. The van der Waals surface area contributed by atoms with Crippen LogP contribution in [0.5, 0.6) is 0 Å². The van der Waals surface area contributed by atoms with Crippen molar-refractivity contribution < 1.29 is 14.6 Å². The first-order chi connectivity index (χ1) is 7.44. The zero-order chi connectivity index (χ0) is 12.2. The average Bonchev–Trinajstić information content (AvgIpc) is 2.64. The monoisotopic (exact) mass is 223 g/mol. The second-order valence-electron chi connectivity index (χ2n) is 4.17. The van der Waals surface area contributed by atoms with E-state index in [4.69, 9.17) is 9.84 Å². The Hall–Kier alpha value is -1.71. The molecule has 0 unspecified atom stereocenters.